The Bertz CT molecular complexity index is 224. The molecule has 1 N–H and O–H groups in total. The molecule has 1 amide bonds. The number of halogens is 1. The third kappa shape index (κ3) is 3.38. The molecule has 1 aliphatic rings. The predicted octanol–water partition coefficient (Wildman–Crippen LogP) is 3.48. The zero-order valence-corrected chi connectivity index (χ0v) is 11.3. The number of nitrogens with one attached hydrogen (secondary N) is 1. The molecule has 2 nitrogen and oxygen atoms in total. The Morgan fingerprint density at radius 2 is 2.00 bits per heavy atom. The van der Waals surface area contributed by atoms with Crippen molar-refractivity contribution in [2.24, 2.45) is 5.41 Å². The first-order valence-corrected chi connectivity index (χ1v) is 7.00. The number of amides is 1. The van der Waals surface area contributed by atoms with Crippen molar-refractivity contribution in [2.45, 2.75) is 64.2 Å². The Hall–Kier alpha value is -0.240. The van der Waals surface area contributed by atoms with Crippen LogP contribution in [0.15, 0.2) is 0 Å². The molecule has 1 saturated carbocycles. The van der Waals surface area contributed by atoms with Gasteiger partial charge >= 0.3 is 0 Å². The van der Waals surface area contributed by atoms with E-state index in [0.717, 1.165) is 32.1 Å². The molecule has 1 fully saturated rings. The second kappa shape index (κ2) is 6.48. The lowest BCUT2D eigenvalue weighted by Gasteiger charge is -2.26. The van der Waals surface area contributed by atoms with Crippen molar-refractivity contribution >= 4 is 17.5 Å². The maximum absolute atomic E-state index is 12.1. The maximum atomic E-state index is 12.1. The normalized spacial score (nSPS) is 20.7. The van der Waals surface area contributed by atoms with Crippen LogP contribution in [0.5, 0.6) is 0 Å². The average molecular weight is 246 g/mol. The third-order valence-corrected chi connectivity index (χ3v) is 4.18. The summed E-state index contributed by atoms with van der Waals surface area (Å²) in [6.45, 7) is 4.85. The minimum atomic E-state index is -0.0805. The highest BCUT2D eigenvalue weighted by Gasteiger charge is 2.39. The SMILES string of the molecule is CCCC(Cl)CNC(=O)C1(CC)CCCC1. The van der Waals surface area contributed by atoms with E-state index in [0.29, 0.717) is 6.54 Å². The van der Waals surface area contributed by atoms with Crippen LogP contribution in [0.3, 0.4) is 0 Å². The van der Waals surface area contributed by atoms with Crippen LogP contribution in [0.2, 0.25) is 0 Å². The molecule has 1 atom stereocenters. The highest BCUT2D eigenvalue weighted by atomic mass is 35.5. The molecular weight excluding hydrogens is 222 g/mol. The lowest BCUT2D eigenvalue weighted by Crippen LogP contribution is -2.41. The van der Waals surface area contributed by atoms with E-state index in [-0.39, 0.29) is 16.7 Å². The summed E-state index contributed by atoms with van der Waals surface area (Å²) in [6, 6.07) is 0. The topological polar surface area (TPSA) is 29.1 Å². The summed E-state index contributed by atoms with van der Waals surface area (Å²) in [7, 11) is 0. The number of hydrogen-bond acceptors (Lipinski definition) is 1. The van der Waals surface area contributed by atoms with Gasteiger partial charge in [-0.25, -0.2) is 0 Å². The average Bonchev–Trinajstić information content (AvgIpc) is 2.76. The zero-order chi connectivity index (χ0) is 12.0. The minimum absolute atomic E-state index is 0.0805. The molecule has 0 aromatic carbocycles. The summed E-state index contributed by atoms with van der Waals surface area (Å²) in [6.07, 6.45) is 7.50. The Morgan fingerprint density at radius 1 is 1.38 bits per heavy atom. The van der Waals surface area contributed by atoms with Gasteiger partial charge in [-0.3, -0.25) is 4.79 Å². The first kappa shape index (κ1) is 13.8. The summed E-state index contributed by atoms with van der Waals surface area (Å²) in [5.41, 5.74) is -0.0805. The van der Waals surface area contributed by atoms with Gasteiger partial charge in [0, 0.05) is 12.0 Å². The van der Waals surface area contributed by atoms with Crippen molar-refractivity contribution in [3.63, 3.8) is 0 Å². The van der Waals surface area contributed by atoms with E-state index in [2.05, 4.69) is 19.2 Å². The van der Waals surface area contributed by atoms with E-state index in [9.17, 15) is 4.79 Å². The summed E-state index contributed by atoms with van der Waals surface area (Å²) in [5.74, 6) is 0.231. The molecule has 94 valence electrons. The quantitative estimate of drug-likeness (QED) is 0.714. The van der Waals surface area contributed by atoms with Gasteiger partial charge in [-0.2, -0.15) is 0 Å². The Balaban J connectivity index is 2.38. The Labute approximate surface area is 104 Å². The zero-order valence-electron chi connectivity index (χ0n) is 10.5. The molecule has 0 saturated heterocycles. The largest absolute Gasteiger partial charge is 0.354 e. The fourth-order valence-corrected chi connectivity index (χ4v) is 2.89. The van der Waals surface area contributed by atoms with Crippen LogP contribution in [0.4, 0.5) is 0 Å². The number of rotatable bonds is 6. The fourth-order valence-electron chi connectivity index (χ4n) is 2.60. The summed E-state index contributed by atoms with van der Waals surface area (Å²) < 4.78 is 0. The molecule has 16 heavy (non-hydrogen) atoms. The van der Waals surface area contributed by atoms with Gasteiger partial charge < -0.3 is 5.32 Å². The van der Waals surface area contributed by atoms with Crippen LogP contribution in [-0.2, 0) is 4.79 Å². The van der Waals surface area contributed by atoms with E-state index < -0.39 is 0 Å². The van der Waals surface area contributed by atoms with Crippen LogP contribution in [0.25, 0.3) is 0 Å². The molecule has 0 radical (unpaired) electrons. The first-order chi connectivity index (χ1) is 7.64. The number of hydrogen-bond donors (Lipinski definition) is 1. The van der Waals surface area contributed by atoms with Crippen molar-refractivity contribution in [1.29, 1.82) is 0 Å². The molecule has 0 bridgehead atoms. The van der Waals surface area contributed by atoms with Gasteiger partial charge in [0.1, 0.15) is 0 Å². The minimum Gasteiger partial charge on any atom is -0.354 e. The van der Waals surface area contributed by atoms with Crippen LogP contribution in [0, 0.1) is 5.41 Å². The lowest BCUT2D eigenvalue weighted by molar-refractivity contribution is -0.131. The van der Waals surface area contributed by atoms with Crippen LogP contribution < -0.4 is 5.32 Å². The molecule has 0 aliphatic heterocycles. The third-order valence-electron chi connectivity index (χ3n) is 3.81. The van der Waals surface area contributed by atoms with E-state index in [1.165, 1.54) is 12.8 Å². The monoisotopic (exact) mass is 245 g/mol. The van der Waals surface area contributed by atoms with Crippen molar-refractivity contribution < 1.29 is 4.79 Å². The molecule has 0 spiro atoms. The second-order valence-electron chi connectivity index (χ2n) is 4.94. The van der Waals surface area contributed by atoms with Crippen LogP contribution in [0.1, 0.15) is 58.8 Å². The highest BCUT2D eigenvalue weighted by molar-refractivity contribution is 6.20. The van der Waals surface area contributed by atoms with Gasteiger partial charge in [-0.15, -0.1) is 11.6 Å². The molecule has 1 unspecified atom stereocenters. The molecule has 0 heterocycles. The molecule has 0 aromatic heterocycles. The van der Waals surface area contributed by atoms with E-state index in [4.69, 9.17) is 11.6 Å². The summed E-state index contributed by atoms with van der Waals surface area (Å²) in [5, 5.41) is 3.12. The smallest absolute Gasteiger partial charge is 0.226 e. The lowest BCUT2D eigenvalue weighted by atomic mass is 9.82. The standard InChI is InChI=1S/C13H24ClNO/c1-3-7-11(14)10-15-12(16)13(4-2)8-5-6-9-13/h11H,3-10H2,1-2H3,(H,15,16). The van der Waals surface area contributed by atoms with Crippen molar-refractivity contribution in [1.82, 2.24) is 5.32 Å². The van der Waals surface area contributed by atoms with E-state index >= 15 is 0 Å². The number of alkyl halides is 1. The van der Waals surface area contributed by atoms with Crippen LogP contribution in [-0.4, -0.2) is 17.8 Å². The van der Waals surface area contributed by atoms with Crippen molar-refractivity contribution in [3.05, 3.63) is 0 Å². The fraction of sp³-hybridized carbons (Fsp3) is 0.923. The van der Waals surface area contributed by atoms with Gasteiger partial charge in [0.05, 0.1) is 5.38 Å². The molecule has 0 aromatic rings. The summed E-state index contributed by atoms with van der Waals surface area (Å²) in [4.78, 5) is 12.1. The van der Waals surface area contributed by atoms with Gasteiger partial charge in [0.25, 0.3) is 0 Å². The van der Waals surface area contributed by atoms with E-state index in [1.54, 1.807) is 0 Å². The van der Waals surface area contributed by atoms with Gasteiger partial charge in [-0.05, 0) is 25.7 Å². The Kier molecular flexibility index (Phi) is 5.60. The maximum Gasteiger partial charge on any atom is 0.226 e. The Morgan fingerprint density at radius 3 is 2.50 bits per heavy atom. The second-order valence-corrected chi connectivity index (χ2v) is 5.55. The number of carbonyl (C=O) groups is 1. The molecule has 1 rings (SSSR count). The van der Waals surface area contributed by atoms with Crippen molar-refractivity contribution in [2.75, 3.05) is 6.54 Å². The van der Waals surface area contributed by atoms with Gasteiger partial charge in [0.2, 0.25) is 5.91 Å². The molecule has 3 heteroatoms. The highest BCUT2D eigenvalue weighted by Crippen LogP contribution is 2.41. The van der Waals surface area contributed by atoms with Crippen molar-refractivity contribution in [3.8, 4) is 0 Å². The van der Waals surface area contributed by atoms with E-state index in [1.807, 2.05) is 0 Å². The van der Waals surface area contributed by atoms with Gasteiger partial charge in [-0.1, -0.05) is 33.1 Å². The number of carbonyl (C=O) groups excluding carboxylic acids is 1. The first-order valence-electron chi connectivity index (χ1n) is 6.57. The summed E-state index contributed by atoms with van der Waals surface area (Å²) >= 11 is 6.11. The predicted molar refractivity (Wildman–Crippen MR) is 68.8 cm³/mol. The van der Waals surface area contributed by atoms with Gasteiger partial charge in [0.15, 0.2) is 0 Å². The molecule has 1 aliphatic carbocycles. The van der Waals surface area contributed by atoms with Crippen LogP contribution >= 0.6 is 11.6 Å². The molecular formula is C13H24ClNO.